The van der Waals surface area contributed by atoms with Crippen molar-refractivity contribution in [1.82, 2.24) is 20.6 Å². The van der Waals surface area contributed by atoms with Crippen molar-refractivity contribution in [2.75, 3.05) is 18.4 Å². The zero-order valence-electron chi connectivity index (χ0n) is 25.0. The molecule has 0 aliphatic rings. The second-order valence-electron chi connectivity index (χ2n) is 11.0. The average molecular weight is 595 g/mol. The third-order valence-corrected chi connectivity index (χ3v) is 6.51. The number of pyridine rings is 2. The molecule has 2 amide bonds. The highest BCUT2D eigenvalue weighted by Gasteiger charge is 2.18. The lowest BCUT2D eigenvalue weighted by atomic mass is 10.0. The Labute approximate surface area is 256 Å². The summed E-state index contributed by atoms with van der Waals surface area (Å²) in [6.45, 7) is 6.32. The molecule has 10 heteroatoms. The van der Waals surface area contributed by atoms with Crippen LogP contribution in [0.3, 0.4) is 0 Å². The number of rotatable bonds is 11. The first-order chi connectivity index (χ1) is 21.1. The van der Waals surface area contributed by atoms with Gasteiger partial charge in [-0.15, -0.1) is 0 Å². The van der Waals surface area contributed by atoms with Crippen LogP contribution in [0, 0.1) is 17.1 Å². The number of halogens is 1. The number of amides is 2. The second kappa shape index (κ2) is 14.7. The van der Waals surface area contributed by atoms with Crippen LogP contribution in [0.25, 0.3) is 11.3 Å². The van der Waals surface area contributed by atoms with Gasteiger partial charge < -0.3 is 20.7 Å². The topological polar surface area (TPSA) is 129 Å². The fourth-order valence-corrected chi connectivity index (χ4v) is 4.47. The zero-order valence-corrected chi connectivity index (χ0v) is 25.0. The molecule has 0 atom stereocenters. The molecule has 0 spiro atoms. The van der Waals surface area contributed by atoms with Gasteiger partial charge in [0, 0.05) is 43.5 Å². The molecule has 4 rings (SSSR count). The Hall–Kier alpha value is -5.30. The Kier molecular flexibility index (Phi) is 10.6. The van der Waals surface area contributed by atoms with Crippen LogP contribution in [0.15, 0.2) is 79.0 Å². The molecule has 44 heavy (non-hydrogen) atoms. The van der Waals surface area contributed by atoms with Gasteiger partial charge in [-0.25, -0.2) is 14.2 Å². The fraction of sp³-hybridized carbons (Fsp3) is 0.265. The molecule has 4 aromatic rings. The molecule has 0 saturated carbocycles. The maximum atomic E-state index is 13.7. The fourth-order valence-electron chi connectivity index (χ4n) is 4.47. The van der Waals surface area contributed by atoms with Crippen LogP contribution in [0.5, 0.6) is 0 Å². The lowest BCUT2D eigenvalue weighted by Crippen LogP contribution is -2.33. The molecular formula is C34H35FN6O3. The van der Waals surface area contributed by atoms with E-state index in [1.807, 2.05) is 18.2 Å². The molecule has 0 unspecified atom stereocenters. The maximum Gasteiger partial charge on any atom is 0.407 e. The Morgan fingerprint density at radius 3 is 2.55 bits per heavy atom. The number of nitriles is 1. The molecular weight excluding hydrogens is 559 g/mol. The molecule has 2 heterocycles. The van der Waals surface area contributed by atoms with Crippen molar-refractivity contribution in [3.8, 4) is 17.3 Å². The minimum Gasteiger partial charge on any atom is -0.444 e. The van der Waals surface area contributed by atoms with Crippen molar-refractivity contribution in [3.63, 3.8) is 0 Å². The number of nitrogens with one attached hydrogen (secondary N) is 3. The van der Waals surface area contributed by atoms with Crippen molar-refractivity contribution in [2.24, 2.45) is 0 Å². The number of anilines is 1. The molecule has 0 fully saturated rings. The molecule has 226 valence electrons. The summed E-state index contributed by atoms with van der Waals surface area (Å²) >= 11 is 0. The third-order valence-electron chi connectivity index (χ3n) is 6.51. The first kappa shape index (κ1) is 31.6. The number of hydrogen-bond acceptors (Lipinski definition) is 7. The minimum absolute atomic E-state index is 0.205. The van der Waals surface area contributed by atoms with Gasteiger partial charge in [0.05, 0.1) is 22.9 Å². The summed E-state index contributed by atoms with van der Waals surface area (Å²) in [4.78, 5) is 34.6. The van der Waals surface area contributed by atoms with Crippen molar-refractivity contribution in [1.29, 1.82) is 5.26 Å². The van der Waals surface area contributed by atoms with E-state index in [9.17, 15) is 19.2 Å². The monoisotopic (exact) mass is 594 g/mol. The number of aromatic nitrogens is 2. The van der Waals surface area contributed by atoms with Gasteiger partial charge in [0.1, 0.15) is 17.2 Å². The second-order valence-corrected chi connectivity index (χ2v) is 11.0. The van der Waals surface area contributed by atoms with Gasteiger partial charge in [0.15, 0.2) is 0 Å². The van der Waals surface area contributed by atoms with Crippen molar-refractivity contribution < 1.29 is 18.7 Å². The minimum atomic E-state index is -0.593. The van der Waals surface area contributed by atoms with E-state index in [-0.39, 0.29) is 18.3 Å². The number of benzene rings is 2. The molecule has 0 saturated heterocycles. The third kappa shape index (κ3) is 9.10. The van der Waals surface area contributed by atoms with Crippen LogP contribution in [0.2, 0.25) is 0 Å². The highest BCUT2D eigenvalue weighted by molar-refractivity contribution is 5.99. The summed E-state index contributed by atoms with van der Waals surface area (Å²) in [6.07, 6.45) is 2.12. The highest BCUT2D eigenvalue weighted by Crippen LogP contribution is 2.25. The number of carbonyl (C=O) groups excluding carboxylic acids is 2. The summed E-state index contributed by atoms with van der Waals surface area (Å²) in [5, 5.41) is 18.5. The highest BCUT2D eigenvalue weighted by atomic mass is 19.1. The number of alkyl carbamates (subject to hydrolysis) is 1. The number of hydrogen-bond donors (Lipinski definition) is 3. The molecule has 0 bridgehead atoms. The van der Waals surface area contributed by atoms with Crippen LogP contribution < -0.4 is 16.0 Å². The first-order valence-corrected chi connectivity index (χ1v) is 14.3. The van der Waals surface area contributed by atoms with E-state index in [1.165, 1.54) is 12.1 Å². The predicted molar refractivity (Wildman–Crippen MR) is 166 cm³/mol. The van der Waals surface area contributed by atoms with Gasteiger partial charge in [0.2, 0.25) is 0 Å². The van der Waals surface area contributed by atoms with E-state index in [2.05, 4.69) is 27.0 Å². The van der Waals surface area contributed by atoms with Crippen LogP contribution >= 0.6 is 0 Å². The Bertz CT molecular complexity index is 1660. The molecule has 0 radical (unpaired) electrons. The largest absolute Gasteiger partial charge is 0.444 e. The molecule has 0 aliphatic heterocycles. The predicted octanol–water partition coefficient (Wildman–Crippen LogP) is 5.81. The number of carbonyl (C=O) groups is 2. The van der Waals surface area contributed by atoms with Crippen LogP contribution in [0.1, 0.15) is 53.5 Å². The Morgan fingerprint density at radius 1 is 0.955 bits per heavy atom. The molecule has 0 aliphatic carbocycles. The smallest absolute Gasteiger partial charge is 0.407 e. The summed E-state index contributed by atoms with van der Waals surface area (Å²) in [7, 11) is 0. The maximum absolute atomic E-state index is 13.7. The van der Waals surface area contributed by atoms with Crippen molar-refractivity contribution in [3.05, 3.63) is 113 Å². The summed E-state index contributed by atoms with van der Waals surface area (Å²) in [6, 6.07) is 22.7. The van der Waals surface area contributed by atoms with Crippen molar-refractivity contribution in [2.45, 2.75) is 45.8 Å². The Morgan fingerprint density at radius 2 is 1.77 bits per heavy atom. The van der Waals surface area contributed by atoms with Gasteiger partial charge in [-0.05, 0) is 74.7 Å². The lowest BCUT2D eigenvalue weighted by Gasteiger charge is -2.19. The number of nitrogens with zero attached hydrogens (tertiary/aromatic N) is 3. The van der Waals surface area contributed by atoms with Crippen LogP contribution in [-0.2, 0) is 24.1 Å². The molecule has 3 N–H and O–H groups in total. The standard InChI is InChI=1S/C34H35FN6O3/c1-34(2,3)44-33(43)39-19-16-29-25(10-7-17-37-29)22-40-32(42)28-13-14-30(27-12-5-4-9-24(27)21-36)41-31(28)38-18-15-23-8-6-11-26(35)20-23/h4-14,17,20H,15-16,18-19,22H2,1-3H3,(H,38,41)(H,39,43)(H,40,42). The normalized spacial score (nSPS) is 10.9. The average Bonchev–Trinajstić information content (AvgIpc) is 2.99. The van der Waals surface area contributed by atoms with Crippen LogP contribution in [0.4, 0.5) is 15.0 Å². The SMILES string of the molecule is CC(C)(C)OC(=O)NCCc1ncccc1CNC(=O)c1ccc(-c2ccccc2C#N)nc1NCCc1cccc(F)c1. The van der Waals surface area contributed by atoms with E-state index >= 15 is 0 Å². The van der Waals surface area contributed by atoms with E-state index < -0.39 is 11.7 Å². The number of ether oxygens (including phenoxy) is 1. The summed E-state index contributed by atoms with van der Waals surface area (Å²) in [5.41, 5.74) is 3.73. The molecule has 2 aromatic heterocycles. The van der Waals surface area contributed by atoms with E-state index in [0.717, 1.165) is 16.8 Å². The van der Waals surface area contributed by atoms with Gasteiger partial charge >= 0.3 is 6.09 Å². The quantitative estimate of drug-likeness (QED) is 0.200. The van der Waals surface area contributed by atoms with E-state index in [0.29, 0.717) is 54.1 Å². The van der Waals surface area contributed by atoms with Gasteiger partial charge in [-0.1, -0.05) is 36.4 Å². The van der Waals surface area contributed by atoms with E-state index in [4.69, 9.17) is 9.72 Å². The van der Waals surface area contributed by atoms with Gasteiger partial charge in [-0.2, -0.15) is 5.26 Å². The summed E-state index contributed by atoms with van der Waals surface area (Å²) in [5.74, 6) is -0.323. The Balaban J connectivity index is 1.48. The van der Waals surface area contributed by atoms with E-state index in [1.54, 1.807) is 69.4 Å². The zero-order chi connectivity index (χ0) is 31.5. The molecule has 9 nitrogen and oxygen atoms in total. The van der Waals surface area contributed by atoms with Gasteiger partial charge in [-0.3, -0.25) is 9.78 Å². The van der Waals surface area contributed by atoms with Crippen molar-refractivity contribution >= 4 is 17.8 Å². The van der Waals surface area contributed by atoms with Crippen LogP contribution in [-0.4, -0.2) is 40.7 Å². The van der Waals surface area contributed by atoms with Gasteiger partial charge in [0.25, 0.3) is 5.91 Å². The molecule has 2 aromatic carbocycles. The summed E-state index contributed by atoms with van der Waals surface area (Å²) < 4.78 is 19.0. The lowest BCUT2D eigenvalue weighted by molar-refractivity contribution is 0.0528. The first-order valence-electron chi connectivity index (χ1n) is 14.3.